The van der Waals surface area contributed by atoms with Gasteiger partial charge >= 0.3 is 0 Å². The van der Waals surface area contributed by atoms with E-state index in [0.29, 0.717) is 17.0 Å². The van der Waals surface area contributed by atoms with Crippen molar-refractivity contribution in [1.82, 2.24) is 29.4 Å². The zero-order valence-corrected chi connectivity index (χ0v) is 20.5. The van der Waals surface area contributed by atoms with Crippen LogP contribution in [0.15, 0.2) is 42.9 Å². The number of rotatable bonds is 4. The number of anilines is 1. The van der Waals surface area contributed by atoms with Gasteiger partial charge in [-0.2, -0.15) is 5.10 Å². The molecule has 0 atom stereocenters. The van der Waals surface area contributed by atoms with E-state index in [4.69, 9.17) is 0 Å². The molecule has 186 valence electrons. The number of likely N-dealkylation sites (tertiary alicyclic amines) is 2. The quantitative estimate of drug-likeness (QED) is 0.458. The average molecular weight is 486 g/mol. The Labute approximate surface area is 209 Å². The summed E-state index contributed by atoms with van der Waals surface area (Å²) in [5, 5.41) is 8.36. The maximum Gasteiger partial charge on any atom is 0.257 e. The van der Waals surface area contributed by atoms with Crippen LogP contribution in [0.1, 0.15) is 42.5 Å². The van der Waals surface area contributed by atoms with Gasteiger partial charge in [0, 0.05) is 42.4 Å². The van der Waals surface area contributed by atoms with Gasteiger partial charge in [0.15, 0.2) is 0 Å². The lowest BCUT2D eigenvalue weighted by Gasteiger charge is -2.27. The van der Waals surface area contributed by atoms with Crippen LogP contribution < -0.4 is 5.32 Å². The first-order valence-electron chi connectivity index (χ1n) is 12.8. The van der Waals surface area contributed by atoms with E-state index in [-0.39, 0.29) is 17.7 Å². The molecule has 2 saturated heterocycles. The minimum Gasteiger partial charge on any atom is -0.345 e. The van der Waals surface area contributed by atoms with Crippen LogP contribution in [0, 0.1) is 5.92 Å². The molecule has 2 aliphatic rings. The van der Waals surface area contributed by atoms with Gasteiger partial charge in [0.2, 0.25) is 5.91 Å². The molecule has 4 aromatic rings. The molecular weight excluding hydrogens is 454 g/mol. The number of piperidine rings is 2. The number of aromatic amines is 1. The van der Waals surface area contributed by atoms with Crippen molar-refractivity contribution in [2.24, 2.45) is 5.92 Å². The monoisotopic (exact) mass is 485 g/mol. The molecule has 0 bridgehead atoms. The summed E-state index contributed by atoms with van der Waals surface area (Å²) in [5.74, 6) is 0.675. The standard InChI is InChI=1S/C27H31N7O2/c1-32-12-7-18(8-13-32)26(35)31-24-6-5-20-21(16-28-25(20)30-24)19-9-14-34-23(15-19)22(17-29-34)27(36)33-10-3-2-4-11-33/h5-6,9,14-18H,2-4,7-8,10-13H2,1H3,(H2,28,30,31,35). The van der Waals surface area contributed by atoms with Crippen molar-refractivity contribution in [2.75, 3.05) is 38.5 Å². The van der Waals surface area contributed by atoms with E-state index in [9.17, 15) is 9.59 Å². The Bertz CT molecular complexity index is 1420. The molecule has 2 aliphatic heterocycles. The molecule has 0 radical (unpaired) electrons. The minimum absolute atomic E-state index is 0.0297. The fourth-order valence-corrected chi connectivity index (χ4v) is 5.39. The van der Waals surface area contributed by atoms with Gasteiger partial charge in [-0.15, -0.1) is 0 Å². The molecule has 6 heterocycles. The van der Waals surface area contributed by atoms with E-state index in [1.807, 2.05) is 41.6 Å². The van der Waals surface area contributed by atoms with E-state index in [0.717, 1.165) is 73.9 Å². The van der Waals surface area contributed by atoms with Crippen LogP contribution in [-0.4, -0.2) is 74.4 Å². The van der Waals surface area contributed by atoms with Gasteiger partial charge in [-0.25, -0.2) is 9.50 Å². The third-order valence-corrected chi connectivity index (χ3v) is 7.59. The first kappa shape index (κ1) is 22.7. The lowest BCUT2D eigenvalue weighted by atomic mass is 9.96. The second-order valence-corrected chi connectivity index (χ2v) is 10.0. The Balaban J connectivity index is 1.25. The van der Waals surface area contributed by atoms with Gasteiger partial charge in [-0.05, 0) is 82.1 Å². The molecule has 4 aromatic heterocycles. The summed E-state index contributed by atoms with van der Waals surface area (Å²) in [6.07, 6.45) is 10.5. The lowest BCUT2D eigenvalue weighted by molar-refractivity contribution is -0.121. The smallest absolute Gasteiger partial charge is 0.257 e. The predicted molar refractivity (Wildman–Crippen MR) is 139 cm³/mol. The Morgan fingerprint density at radius 1 is 1.06 bits per heavy atom. The van der Waals surface area contributed by atoms with Crippen molar-refractivity contribution in [2.45, 2.75) is 32.1 Å². The molecule has 0 spiro atoms. The number of nitrogens with zero attached hydrogens (tertiary/aromatic N) is 5. The summed E-state index contributed by atoms with van der Waals surface area (Å²) in [6, 6.07) is 7.85. The van der Waals surface area contributed by atoms with Gasteiger partial charge in [0.05, 0.1) is 17.3 Å². The maximum absolute atomic E-state index is 13.2. The highest BCUT2D eigenvalue weighted by Gasteiger charge is 2.24. The van der Waals surface area contributed by atoms with Crippen molar-refractivity contribution >= 4 is 34.2 Å². The molecular formula is C27H31N7O2. The van der Waals surface area contributed by atoms with E-state index in [1.165, 1.54) is 6.42 Å². The van der Waals surface area contributed by atoms with Gasteiger partial charge < -0.3 is 20.1 Å². The summed E-state index contributed by atoms with van der Waals surface area (Å²) in [4.78, 5) is 38.0. The van der Waals surface area contributed by atoms with Gasteiger partial charge in [0.25, 0.3) is 5.91 Å². The highest BCUT2D eigenvalue weighted by atomic mass is 16.2. The second-order valence-electron chi connectivity index (χ2n) is 10.0. The average Bonchev–Trinajstić information content (AvgIpc) is 3.52. The summed E-state index contributed by atoms with van der Waals surface area (Å²) in [6.45, 7) is 3.50. The van der Waals surface area contributed by atoms with E-state index in [2.05, 4.69) is 32.3 Å². The number of aromatic nitrogens is 4. The molecule has 36 heavy (non-hydrogen) atoms. The summed E-state index contributed by atoms with van der Waals surface area (Å²) in [5.41, 5.74) is 4.12. The number of H-pyrrole nitrogens is 1. The summed E-state index contributed by atoms with van der Waals surface area (Å²) >= 11 is 0. The number of hydrogen-bond acceptors (Lipinski definition) is 5. The number of amides is 2. The summed E-state index contributed by atoms with van der Waals surface area (Å²) in [7, 11) is 2.09. The van der Waals surface area contributed by atoms with Crippen molar-refractivity contribution < 1.29 is 9.59 Å². The number of hydrogen-bond donors (Lipinski definition) is 2. The summed E-state index contributed by atoms with van der Waals surface area (Å²) < 4.78 is 1.75. The highest BCUT2D eigenvalue weighted by molar-refractivity contribution is 6.02. The molecule has 0 aliphatic carbocycles. The maximum atomic E-state index is 13.2. The van der Waals surface area contributed by atoms with Gasteiger partial charge in [0.1, 0.15) is 11.5 Å². The Kier molecular flexibility index (Phi) is 5.92. The molecule has 9 nitrogen and oxygen atoms in total. The van der Waals surface area contributed by atoms with Crippen LogP contribution in [0.3, 0.4) is 0 Å². The normalized spacial score (nSPS) is 17.6. The second kappa shape index (κ2) is 9.39. The largest absolute Gasteiger partial charge is 0.345 e. The van der Waals surface area contributed by atoms with Crippen LogP contribution in [0.25, 0.3) is 27.7 Å². The molecule has 0 saturated carbocycles. The molecule has 0 unspecified atom stereocenters. The first-order chi connectivity index (χ1) is 17.6. The molecule has 9 heteroatoms. The van der Waals surface area contributed by atoms with E-state index >= 15 is 0 Å². The van der Waals surface area contributed by atoms with Crippen molar-refractivity contribution in [3.8, 4) is 11.1 Å². The number of carbonyl (C=O) groups is 2. The van der Waals surface area contributed by atoms with Crippen molar-refractivity contribution in [1.29, 1.82) is 0 Å². The van der Waals surface area contributed by atoms with Gasteiger partial charge in [-0.1, -0.05) is 0 Å². The van der Waals surface area contributed by atoms with Crippen molar-refractivity contribution in [3.63, 3.8) is 0 Å². The number of fused-ring (bicyclic) bond motifs is 2. The molecule has 6 rings (SSSR count). The SMILES string of the molecule is CN1CCC(C(=O)Nc2ccc3c(-c4ccn5ncc(C(=O)N6CCCCC6)c5c4)c[nH]c3n2)CC1. The van der Waals surface area contributed by atoms with Crippen LogP contribution >= 0.6 is 0 Å². The van der Waals surface area contributed by atoms with Crippen molar-refractivity contribution in [3.05, 3.63) is 48.4 Å². The Morgan fingerprint density at radius 3 is 2.67 bits per heavy atom. The highest BCUT2D eigenvalue weighted by Crippen LogP contribution is 2.30. The zero-order chi connectivity index (χ0) is 24.6. The third kappa shape index (κ3) is 4.24. The zero-order valence-electron chi connectivity index (χ0n) is 20.5. The van der Waals surface area contributed by atoms with Crippen LogP contribution in [-0.2, 0) is 4.79 Å². The molecule has 0 aromatic carbocycles. The number of carbonyl (C=O) groups excluding carboxylic acids is 2. The van der Waals surface area contributed by atoms with Crippen LogP contribution in [0.4, 0.5) is 5.82 Å². The number of pyridine rings is 2. The fraction of sp³-hybridized carbons (Fsp3) is 0.407. The minimum atomic E-state index is 0.0297. The first-order valence-corrected chi connectivity index (χ1v) is 12.8. The van der Waals surface area contributed by atoms with Gasteiger partial charge in [-0.3, -0.25) is 9.59 Å². The number of nitrogens with one attached hydrogen (secondary N) is 2. The Morgan fingerprint density at radius 2 is 1.86 bits per heavy atom. The van der Waals surface area contributed by atoms with E-state index < -0.39 is 0 Å². The molecule has 2 fully saturated rings. The van der Waals surface area contributed by atoms with E-state index in [1.54, 1.807) is 10.7 Å². The topological polar surface area (TPSA) is 98.6 Å². The van der Waals surface area contributed by atoms with Crippen LogP contribution in [0.2, 0.25) is 0 Å². The van der Waals surface area contributed by atoms with Crippen LogP contribution in [0.5, 0.6) is 0 Å². The fourth-order valence-electron chi connectivity index (χ4n) is 5.39. The molecule has 2 N–H and O–H groups in total. The Hall–Kier alpha value is -3.72. The molecule has 2 amide bonds. The third-order valence-electron chi connectivity index (χ3n) is 7.59. The lowest BCUT2D eigenvalue weighted by Crippen LogP contribution is -2.36. The predicted octanol–water partition coefficient (Wildman–Crippen LogP) is 3.78.